The van der Waals surface area contributed by atoms with Gasteiger partial charge in [0.15, 0.2) is 12.4 Å². The lowest BCUT2D eigenvalue weighted by Crippen LogP contribution is -3.00. The fourth-order valence-corrected chi connectivity index (χ4v) is 2.02. The normalized spacial score (nSPS) is 11.0. The van der Waals surface area contributed by atoms with E-state index in [0.29, 0.717) is 0 Å². The van der Waals surface area contributed by atoms with E-state index in [4.69, 9.17) is 0 Å². The highest BCUT2D eigenvalue weighted by molar-refractivity contribution is 9.12. The molecule has 0 aliphatic heterocycles. The van der Waals surface area contributed by atoms with Crippen molar-refractivity contribution in [3.05, 3.63) is 71.0 Å². The van der Waals surface area contributed by atoms with E-state index in [9.17, 15) is 4.79 Å². The number of carbonyl (C=O) groups is 1. The second-order valence-electron chi connectivity index (χ2n) is 4.28. The fraction of sp³-hybridized carbons (Fsp3) is 0.0625. The van der Waals surface area contributed by atoms with Gasteiger partial charge in [-0.2, -0.15) is 9.67 Å². The number of hydrogen-bond donors (Lipinski definition) is 1. The Morgan fingerprint density at radius 2 is 1.77 bits per heavy atom. The van der Waals surface area contributed by atoms with Crippen LogP contribution in [-0.4, -0.2) is 12.1 Å². The number of allylic oxidation sites excluding steroid dienone is 1. The van der Waals surface area contributed by atoms with Crippen LogP contribution in [0.4, 0.5) is 0 Å². The molecule has 0 aliphatic carbocycles. The Morgan fingerprint density at radius 3 is 2.45 bits per heavy atom. The van der Waals surface area contributed by atoms with E-state index in [1.165, 1.54) is 0 Å². The fourth-order valence-electron chi connectivity index (χ4n) is 1.65. The summed E-state index contributed by atoms with van der Waals surface area (Å²) < 4.78 is 2.56. The van der Waals surface area contributed by atoms with Crippen molar-refractivity contribution in [2.75, 3.05) is 0 Å². The van der Waals surface area contributed by atoms with Gasteiger partial charge in [-0.05, 0) is 27.6 Å². The Balaban J connectivity index is 0.00000242. The number of aromatic nitrogens is 1. The number of hydrogen-bond acceptors (Lipinski definition) is 2. The van der Waals surface area contributed by atoms with E-state index >= 15 is 0 Å². The highest BCUT2D eigenvalue weighted by Crippen LogP contribution is 2.09. The molecule has 2 rings (SSSR count). The first-order chi connectivity index (χ1) is 10.2. The zero-order valence-corrected chi connectivity index (χ0v) is 14.0. The summed E-state index contributed by atoms with van der Waals surface area (Å²) in [5, 5.41) is 3.91. The Morgan fingerprint density at radius 1 is 1.14 bits per heavy atom. The van der Waals surface area contributed by atoms with Gasteiger partial charge in [0, 0.05) is 16.6 Å². The molecule has 1 N–H and O–H groups in total. The average Bonchev–Trinajstić information content (AvgIpc) is 2.49. The van der Waals surface area contributed by atoms with Crippen molar-refractivity contribution in [3.8, 4) is 0 Å². The van der Waals surface area contributed by atoms with Gasteiger partial charge >= 0.3 is 5.91 Å². The Kier molecular flexibility index (Phi) is 8.10. The number of benzene rings is 1. The van der Waals surface area contributed by atoms with Crippen LogP contribution in [0.25, 0.3) is 6.08 Å². The predicted molar refractivity (Wildman–Crippen MR) is 86.6 cm³/mol. The average molecular weight is 381 g/mol. The van der Waals surface area contributed by atoms with Crippen molar-refractivity contribution in [3.63, 3.8) is 0 Å². The lowest BCUT2D eigenvalue weighted by molar-refractivity contribution is -0.684. The van der Waals surface area contributed by atoms with Gasteiger partial charge in [-0.15, -0.1) is 0 Å². The highest BCUT2D eigenvalue weighted by Gasteiger charge is 2.06. The van der Waals surface area contributed by atoms with Crippen molar-refractivity contribution in [2.24, 2.45) is 5.10 Å². The van der Waals surface area contributed by atoms with Crippen LogP contribution < -0.4 is 22.4 Å². The second kappa shape index (κ2) is 9.87. The molecule has 1 aromatic carbocycles. The molecule has 0 fully saturated rings. The molecule has 0 atom stereocenters. The molecule has 114 valence electrons. The lowest BCUT2D eigenvalue weighted by Gasteiger charge is -1.96. The highest BCUT2D eigenvalue weighted by atomic mass is 79.9. The molecule has 0 saturated carbocycles. The summed E-state index contributed by atoms with van der Waals surface area (Å²) in [6.45, 7) is 0.234. The summed E-state index contributed by atoms with van der Waals surface area (Å²) in [6, 6.07) is 15.5. The van der Waals surface area contributed by atoms with Crippen LogP contribution in [0.2, 0.25) is 0 Å². The molecule has 0 saturated heterocycles. The topological polar surface area (TPSA) is 45.3 Å². The molecule has 1 amide bonds. The molecule has 6 heteroatoms. The summed E-state index contributed by atoms with van der Waals surface area (Å²) in [4.78, 5) is 11.7. The van der Waals surface area contributed by atoms with Crippen LogP contribution >= 0.6 is 15.9 Å². The zero-order chi connectivity index (χ0) is 14.9. The van der Waals surface area contributed by atoms with Crippen LogP contribution in [0.1, 0.15) is 5.56 Å². The zero-order valence-electron chi connectivity index (χ0n) is 11.7. The lowest BCUT2D eigenvalue weighted by atomic mass is 10.2. The van der Waals surface area contributed by atoms with E-state index < -0.39 is 0 Å². The molecule has 0 aliphatic rings. The third-order valence-electron chi connectivity index (χ3n) is 2.58. The van der Waals surface area contributed by atoms with Crippen molar-refractivity contribution in [1.82, 2.24) is 5.43 Å². The molecule has 22 heavy (non-hydrogen) atoms. The van der Waals surface area contributed by atoms with Gasteiger partial charge < -0.3 is 12.4 Å². The molecule has 0 unspecified atom stereocenters. The first-order valence-corrected chi connectivity index (χ1v) is 7.21. The molecular formula is C16H15BrClN3O. The second-order valence-corrected chi connectivity index (χ2v) is 5.20. The molecule has 0 bridgehead atoms. The first kappa shape index (κ1) is 18.1. The van der Waals surface area contributed by atoms with E-state index in [-0.39, 0.29) is 24.9 Å². The van der Waals surface area contributed by atoms with Crippen molar-refractivity contribution in [2.45, 2.75) is 6.54 Å². The minimum Gasteiger partial charge on any atom is -1.00 e. The minimum atomic E-state index is -0.178. The van der Waals surface area contributed by atoms with Gasteiger partial charge in [-0.1, -0.05) is 36.4 Å². The Hall–Kier alpha value is -1.98. The van der Waals surface area contributed by atoms with Gasteiger partial charge in [0.05, 0.1) is 6.21 Å². The molecule has 2 aromatic rings. The monoisotopic (exact) mass is 379 g/mol. The summed E-state index contributed by atoms with van der Waals surface area (Å²) in [6.07, 6.45) is 7.13. The SMILES string of the molecule is O=C(C[n+]1ccccc1)N/N=C/C(Br)=C/c1ccccc1.[Cl-]. The van der Waals surface area contributed by atoms with Crippen molar-refractivity contribution >= 4 is 34.1 Å². The first-order valence-electron chi connectivity index (χ1n) is 6.42. The molecule has 0 spiro atoms. The van der Waals surface area contributed by atoms with E-state index in [2.05, 4.69) is 26.5 Å². The molecule has 0 radical (unpaired) electrons. The van der Waals surface area contributed by atoms with E-state index in [1.54, 1.807) is 10.8 Å². The molecular weight excluding hydrogens is 366 g/mol. The minimum absolute atomic E-state index is 0. The third-order valence-corrected chi connectivity index (χ3v) is 3.02. The van der Waals surface area contributed by atoms with Crippen molar-refractivity contribution in [1.29, 1.82) is 0 Å². The van der Waals surface area contributed by atoms with E-state index in [0.717, 1.165) is 10.0 Å². The number of hydrazone groups is 1. The van der Waals surface area contributed by atoms with Gasteiger partial charge in [0.25, 0.3) is 0 Å². The Bertz CT molecular complexity index is 645. The van der Waals surface area contributed by atoms with E-state index in [1.807, 2.05) is 67.0 Å². The predicted octanol–water partition coefficient (Wildman–Crippen LogP) is -0.484. The maximum atomic E-state index is 11.7. The van der Waals surface area contributed by atoms with Gasteiger partial charge in [0.1, 0.15) is 0 Å². The molecule has 1 heterocycles. The van der Waals surface area contributed by atoms with Gasteiger partial charge in [-0.25, -0.2) is 5.43 Å². The number of halogens is 2. The number of rotatable bonds is 5. The number of nitrogens with zero attached hydrogens (tertiary/aromatic N) is 2. The number of nitrogens with one attached hydrogen (secondary N) is 1. The standard InChI is InChI=1S/C16H14BrN3O.ClH/c17-15(11-14-7-3-1-4-8-14)12-18-19-16(21)13-20-9-5-2-6-10-20;/h1-12H,13H2;1H/b15-11-,18-12+;. The number of pyridine rings is 1. The maximum Gasteiger partial charge on any atom is 0.305 e. The third kappa shape index (κ3) is 6.65. The molecule has 4 nitrogen and oxygen atoms in total. The van der Waals surface area contributed by atoms with Crippen LogP contribution in [0.15, 0.2) is 70.5 Å². The van der Waals surface area contributed by atoms with Gasteiger partial charge in [0.2, 0.25) is 6.54 Å². The largest absolute Gasteiger partial charge is 1.00 e. The summed E-state index contributed by atoms with van der Waals surface area (Å²) in [5.74, 6) is -0.178. The summed E-state index contributed by atoms with van der Waals surface area (Å²) in [5.41, 5.74) is 3.54. The van der Waals surface area contributed by atoms with Crippen LogP contribution in [0.5, 0.6) is 0 Å². The number of amides is 1. The van der Waals surface area contributed by atoms with Crippen LogP contribution in [0, 0.1) is 0 Å². The van der Waals surface area contributed by atoms with Gasteiger partial charge in [-0.3, -0.25) is 4.79 Å². The maximum absolute atomic E-state index is 11.7. The van der Waals surface area contributed by atoms with Crippen molar-refractivity contribution < 1.29 is 21.8 Å². The van der Waals surface area contributed by atoms with Crippen LogP contribution in [-0.2, 0) is 11.3 Å². The summed E-state index contributed by atoms with van der Waals surface area (Å²) >= 11 is 3.39. The Labute approximate surface area is 144 Å². The summed E-state index contributed by atoms with van der Waals surface area (Å²) in [7, 11) is 0. The number of carbonyl (C=O) groups excluding carboxylic acids is 1. The smallest absolute Gasteiger partial charge is 0.305 e. The quantitative estimate of drug-likeness (QED) is 0.425. The molecule has 1 aromatic heterocycles. The van der Waals surface area contributed by atoms with Crippen LogP contribution in [0.3, 0.4) is 0 Å².